The Hall–Kier alpha value is -1.14. The minimum absolute atomic E-state index is 0.318. The van der Waals surface area contributed by atoms with Crippen LogP contribution in [0.2, 0.25) is 0 Å². The molecule has 0 fully saturated rings. The van der Waals surface area contributed by atoms with E-state index in [-0.39, 0.29) is 0 Å². The number of aromatic nitrogens is 3. The second-order valence-electron chi connectivity index (χ2n) is 3.75. The lowest BCUT2D eigenvalue weighted by molar-refractivity contribution is 0.755. The third kappa shape index (κ3) is 3.17. The normalized spacial score (nSPS) is 10.8. The Morgan fingerprint density at radius 3 is 2.76 bits per heavy atom. The smallest absolute Gasteiger partial charge is 0.156 e. The molecule has 0 aliphatic heterocycles. The van der Waals surface area contributed by atoms with Crippen molar-refractivity contribution in [3.05, 3.63) is 23.5 Å². The van der Waals surface area contributed by atoms with Crippen molar-refractivity contribution < 1.29 is 0 Å². The lowest BCUT2D eigenvalue weighted by Gasteiger charge is -2.08. The summed E-state index contributed by atoms with van der Waals surface area (Å²) in [4.78, 5) is 13.2. The van der Waals surface area contributed by atoms with Crippen molar-refractivity contribution in [2.24, 2.45) is 0 Å². The zero-order valence-electron chi connectivity index (χ0n) is 9.97. The molecule has 4 nitrogen and oxygen atoms in total. The second-order valence-corrected chi connectivity index (χ2v) is 5.92. The number of thiazole rings is 1. The Bertz CT molecular complexity index is 482. The third-order valence-corrected chi connectivity index (χ3v) is 3.90. The average molecular weight is 266 g/mol. The second kappa shape index (κ2) is 5.46. The molecule has 2 heterocycles. The molecule has 0 unspecified atom stereocenters. The van der Waals surface area contributed by atoms with Crippen molar-refractivity contribution in [2.45, 2.75) is 29.1 Å². The summed E-state index contributed by atoms with van der Waals surface area (Å²) in [6, 6.07) is 1.94. The zero-order chi connectivity index (χ0) is 12.3. The summed E-state index contributed by atoms with van der Waals surface area (Å²) in [6.45, 7) is 4.18. The number of nitrogens with zero attached hydrogens (tertiary/aromatic N) is 3. The lowest BCUT2D eigenvalue weighted by atomic mass is 10.2. The summed E-state index contributed by atoms with van der Waals surface area (Å²) in [5, 5.41) is 5.96. The molecular formula is C11H14N4S2. The minimum atomic E-state index is 0.318. The van der Waals surface area contributed by atoms with Crippen LogP contribution in [-0.2, 0) is 0 Å². The molecule has 6 heteroatoms. The summed E-state index contributed by atoms with van der Waals surface area (Å²) in [5.41, 5.74) is 0. The van der Waals surface area contributed by atoms with Gasteiger partial charge in [-0.2, -0.15) is 0 Å². The quantitative estimate of drug-likeness (QED) is 0.861. The molecular weight excluding hydrogens is 252 g/mol. The van der Waals surface area contributed by atoms with Gasteiger partial charge in [-0.1, -0.05) is 13.8 Å². The summed E-state index contributed by atoms with van der Waals surface area (Å²) >= 11 is 3.19. The van der Waals surface area contributed by atoms with Crippen LogP contribution in [0.5, 0.6) is 0 Å². The Morgan fingerprint density at radius 2 is 2.18 bits per heavy atom. The van der Waals surface area contributed by atoms with E-state index in [4.69, 9.17) is 0 Å². The molecule has 2 aromatic rings. The Balaban J connectivity index is 2.29. The molecule has 0 aliphatic rings. The van der Waals surface area contributed by atoms with Gasteiger partial charge in [0.1, 0.15) is 16.7 Å². The molecule has 0 aliphatic carbocycles. The topological polar surface area (TPSA) is 50.7 Å². The standard InChI is InChI=1S/C11H14N4S2/c1-7(2)10-14-8(12-3)6-9(15-10)17-11-13-4-5-16-11/h4-7H,1-3H3,(H,12,14,15). The van der Waals surface area contributed by atoms with E-state index in [2.05, 4.69) is 34.1 Å². The summed E-state index contributed by atoms with van der Waals surface area (Å²) in [5.74, 6) is 2.03. The lowest BCUT2D eigenvalue weighted by Crippen LogP contribution is -2.02. The van der Waals surface area contributed by atoms with Crippen LogP contribution in [0, 0.1) is 0 Å². The summed E-state index contributed by atoms with van der Waals surface area (Å²) < 4.78 is 1.00. The number of hydrogen-bond acceptors (Lipinski definition) is 6. The minimum Gasteiger partial charge on any atom is -0.373 e. The molecule has 90 valence electrons. The highest BCUT2D eigenvalue weighted by Crippen LogP contribution is 2.29. The van der Waals surface area contributed by atoms with Crippen LogP contribution in [0.15, 0.2) is 27.0 Å². The fourth-order valence-corrected chi connectivity index (χ4v) is 2.81. The molecule has 2 aromatic heterocycles. The van der Waals surface area contributed by atoms with Gasteiger partial charge in [-0.25, -0.2) is 15.0 Å². The van der Waals surface area contributed by atoms with E-state index in [0.717, 1.165) is 21.0 Å². The first kappa shape index (κ1) is 12.3. The van der Waals surface area contributed by atoms with Crippen LogP contribution >= 0.6 is 23.1 Å². The van der Waals surface area contributed by atoms with Crippen LogP contribution in [0.1, 0.15) is 25.6 Å². The first-order valence-corrected chi connectivity index (χ1v) is 7.02. The molecule has 0 aromatic carbocycles. The van der Waals surface area contributed by atoms with Crippen LogP contribution in [-0.4, -0.2) is 22.0 Å². The predicted molar refractivity (Wildman–Crippen MR) is 71.9 cm³/mol. The summed E-state index contributed by atoms with van der Waals surface area (Å²) in [6.07, 6.45) is 1.80. The van der Waals surface area contributed by atoms with Gasteiger partial charge in [-0.05, 0) is 11.8 Å². The fourth-order valence-electron chi connectivity index (χ4n) is 1.23. The molecule has 0 saturated heterocycles. The van der Waals surface area contributed by atoms with E-state index < -0.39 is 0 Å². The van der Waals surface area contributed by atoms with Gasteiger partial charge in [0.05, 0.1) is 0 Å². The van der Waals surface area contributed by atoms with Crippen molar-refractivity contribution >= 4 is 28.9 Å². The van der Waals surface area contributed by atoms with E-state index in [1.807, 2.05) is 18.5 Å². The highest BCUT2D eigenvalue weighted by atomic mass is 32.2. The van der Waals surface area contributed by atoms with E-state index >= 15 is 0 Å². The first-order valence-electron chi connectivity index (χ1n) is 5.33. The first-order chi connectivity index (χ1) is 8.19. The molecule has 0 bridgehead atoms. The molecule has 2 rings (SSSR count). The molecule has 0 spiro atoms. The maximum absolute atomic E-state index is 4.53. The predicted octanol–water partition coefficient (Wildman–Crippen LogP) is 3.25. The van der Waals surface area contributed by atoms with Gasteiger partial charge in [-0.3, -0.25) is 0 Å². The van der Waals surface area contributed by atoms with Gasteiger partial charge in [0, 0.05) is 30.6 Å². The van der Waals surface area contributed by atoms with Gasteiger partial charge in [0.15, 0.2) is 4.34 Å². The number of anilines is 1. The average Bonchev–Trinajstić information content (AvgIpc) is 2.81. The molecule has 17 heavy (non-hydrogen) atoms. The fraction of sp³-hybridized carbons (Fsp3) is 0.364. The highest BCUT2D eigenvalue weighted by Gasteiger charge is 2.09. The van der Waals surface area contributed by atoms with Gasteiger partial charge >= 0.3 is 0 Å². The molecule has 1 N–H and O–H groups in total. The van der Waals surface area contributed by atoms with Gasteiger partial charge < -0.3 is 5.32 Å². The molecule has 0 radical (unpaired) electrons. The van der Waals surface area contributed by atoms with Crippen molar-refractivity contribution in [2.75, 3.05) is 12.4 Å². The number of nitrogens with one attached hydrogen (secondary N) is 1. The molecule has 0 atom stereocenters. The highest BCUT2D eigenvalue weighted by molar-refractivity contribution is 8.01. The van der Waals surface area contributed by atoms with E-state index in [1.54, 1.807) is 29.3 Å². The number of rotatable bonds is 4. The Kier molecular flexibility index (Phi) is 3.96. The largest absolute Gasteiger partial charge is 0.373 e. The van der Waals surface area contributed by atoms with E-state index in [0.29, 0.717) is 5.92 Å². The van der Waals surface area contributed by atoms with Gasteiger partial charge in [-0.15, -0.1) is 11.3 Å². The van der Waals surface area contributed by atoms with Crippen LogP contribution in [0.4, 0.5) is 5.82 Å². The Labute approximate surface area is 109 Å². The SMILES string of the molecule is CNc1cc(Sc2nccs2)nc(C(C)C)n1. The zero-order valence-corrected chi connectivity index (χ0v) is 11.6. The maximum atomic E-state index is 4.53. The van der Waals surface area contributed by atoms with Crippen LogP contribution < -0.4 is 5.32 Å². The maximum Gasteiger partial charge on any atom is 0.156 e. The summed E-state index contributed by atoms with van der Waals surface area (Å²) in [7, 11) is 1.87. The van der Waals surface area contributed by atoms with E-state index in [1.165, 1.54) is 0 Å². The van der Waals surface area contributed by atoms with Crippen molar-refractivity contribution in [1.82, 2.24) is 15.0 Å². The van der Waals surface area contributed by atoms with Gasteiger partial charge in [0.25, 0.3) is 0 Å². The van der Waals surface area contributed by atoms with Crippen molar-refractivity contribution in [1.29, 1.82) is 0 Å². The third-order valence-electron chi connectivity index (χ3n) is 2.09. The Morgan fingerprint density at radius 1 is 1.35 bits per heavy atom. The van der Waals surface area contributed by atoms with Crippen LogP contribution in [0.3, 0.4) is 0 Å². The van der Waals surface area contributed by atoms with E-state index in [9.17, 15) is 0 Å². The van der Waals surface area contributed by atoms with Gasteiger partial charge in [0.2, 0.25) is 0 Å². The van der Waals surface area contributed by atoms with Crippen LogP contribution in [0.25, 0.3) is 0 Å². The van der Waals surface area contributed by atoms with Crippen molar-refractivity contribution in [3.8, 4) is 0 Å². The molecule has 0 saturated carbocycles. The molecule has 0 amide bonds. The number of hydrogen-bond donors (Lipinski definition) is 1. The monoisotopic (exact) mass is 266 g/mol. The van der Waals surface area contributed by atoms with Crippen molar-refractivity contribution in [3.63, 3.8) is 0 Å².